The summed E-state index contributed by atoms with van der Waals surface area (Å²) in [5.41, 5.74) is -0.265. The van der Waals surface area contributed by atoms with E-state index in [-0.39, 0.29) is 10.6 Å². The van der Waals surface area contributed by atoms with E-state index in [0.29, 0.717) is 12.3 Å². The molecule has 0 aromatic heterocycles. The summed E-state index contributed by atoms with van der Waals surface area (Å²) in [7, 11) is 1.54. The maximum Gasteiger partial charge on any atom is 0.337 e. The molecule has 0 saturated carbocycles. The van der Waals surface area contributed by atoms with Crippen LogP contribution in [-0.4, -0.2) is 36.4 Å². The molecule has 6 nitrogen and oxygen atoms in total. The van der Waals surface area contributed by atoms with Crippen molar-refractivity contribution in [3.63, 3.8) is 0 Å². The summed E-state index contributed by atoms with van der Waals surface area (Å²) < 4.78 is 4.99. The number of rotatable bonds is 5. The van der Waals surface area contributed by atoms with E-state index in [4.69, 9.17) is 21.4 Å². The minimum absolute atomic E-state index is 0.0689. The van der Waals surface area contributed by atoms with Gasteiger partial charge in [0.25, 0.3) is 0 Å². The van der Waals surface area contributed by atoms with Gasteiger partial charge in [0.15, 0.2) is 0 Å². The highest BCUT2D eigenvalue weighted by atomic mass is 35.5. The number of hydrogen-bond donors (Lipinski definition) is 3. The van der Waals surface area contributed by atoms with Gasteiger partial charge in [-0.3, -0.25) is 0 Å². The molecule has 0 aliphatic rings. The van der Waals surface area contributed by atoms with Crippen LogP contribution in [0.4, 0.5) is 10.5 Å². The molecule has 1 rings (SSSR count). The van der Waals surface area contributed by atoms with Gasteiger partial charge in [-0.05, 0) is 32.0 Å². The molecule has 1 aromatic rings. The first-order valence-corrected chi connectivity index (χ1v) is 6.24. The first-order valence-electron chi connectivity index (χ1n) is 5.86. The Hall–Kier alpha value is -1.79. The summed E-state index contributed by atoms with van der Waals surface area (Å²) in [6, 6.07) is 3.79. The number of carboxylic acid groups (broad SMARTS) is 1. The minimum atomic E-state index is -1.15. The second-order valence-corrected chi connectivity index (χ2v) is 5.30. The zero-order valence-corrected chi connectivity index (χ0v) is 12.2. The molecular formula is C13H17ClN2O4. The number of urea groups is 1. The highest BCUT2D eigenvalue weighted by Gasteiger charge is 2.20. The maximum absolute atomic E-state index is 11.8. The van der Waals surface area contributed by atoms with Gasteiger partial charge < -0.3 is 20.5 Å². The van der Waals surface area contributed by atoms with Crippen molar-refractivity contribution in [2.45, 2.75) is 19.4 Å². The average molecular weight is 301 g/mol. The molecule has 2 amide bonds. The lowest BCUT2D eigenvalue weighted by Crippen LogP contribution is -2.48. The van der Waals surface area contributed by atoms with Crippen LogP contribution in [-0.2, 0) is 4.74 Å². The van der Waals surface area contributed by atoms with Crippen LogP contribution in [0.1, 0.15) is 24.2 Å². The van der Waals surface area contributed by atoms with Gasteiger partial charge in [0.1, 0.15) is 0 Å². The number of carboxylic acids is 1. The van der Waals surface area contributed by atoms with E-state index in [1.807, 2.05) is 0 Å². The van der Waals surface area contributed by atoms with Crippen LogP contribution in [0.3, 0.4) is 0 Å². The topological polar surface area (TPSA) is 87.7 Å². The lowest BCUT2D eigenvalue weighted by molar-refractivity contribution is 0.0697. The van der Waals surface area contributed by atoms with Gasteiger partial charge >= 0.3 is 12.0 Å². The van der Waals surface area contributed by atoms with Gasteiger partial charge in [-0.1, -0.05) is 11.6 Å². The number of nitrogens with one attached hydrogen (secondary N) is 2. The van der Waals surface area contributed by atoms with Crippen LogP contribution >= 0.6 is 11.6 Å². The number of ether oxygens (including phenoxy) is 1. The van der Waals surface area contributed by atoms with Crippen LogP contribution in [0.25, 0.3) is 0 Å². The molecule has 1 aromatic carbocycles. The second kappa shape index (κ2) is 6.58. The molecule has 7 heteroatoms. The summed E-state index contributed by atoms with van der Waals surface area (Å²) >= 11 is 5.75. The number of halogens is 1. The summed E-state index contributed by atoms with van der Waals surface area (Å²) in [5.74, 6) is -1.15. The van der Waals surface area contributed by atoms with Crippen molar-refractivity contribution in [2.24, 2.45) is 0 Å². The molecule has 0 bridgehead atoms. The molecule has 0 spiro atoms. The molecule has 110 valence electrons. The van der Waals surface area contributed by atoms with Crippen molar-refractivity contribution in [3.05, 3.63) is 28.8 Å². The first-order chi connectivity index (χ1) is 9.25. The van der Waals surface area contributed by atoms with E-state index < -0.39 is 17.5 Å². The average Bonchev–Trinajstić information content (AvgIpc) is 2.30. The smallest absolute Gasteiger partial charge is 0.337 e. The van der Waals surface area contributed by atoms with E-state index in [2.05, 4.69) is 10.6 Å². The fraction of sp³-hybridized carbons (Fsp3) is 0.385. The molecule has 0 unspecified atom stereocenters. The predicted molar refractivity (Wildman–Crippen MR) is 76.5 cm³/mol. The molecule has 0 aliphatic heterocycles. The van der Waals surface area contributed by atoms with E-state index in [1.54, 1.807) is 21.0 Å². The third-order valence-electron chi connectivity index (χ3n) is 2.41. The van der Waals surface area contributed by atoms with Crippen LogP contribution in [0, 0.1) is 0 Å². The maximum atomic E-state index is 11.8. The Labute approximate surface area is 122 Å². The Morgan fingerprint density at radius 2 is 2.05 bits per heavy atom. The third kappa shape index (κ3) is 4.71. The number of amides is 2. The SMILES string of the molecule is COCC(C)(C)NC(=O)Nc1ccc(Cl)c(C(=O)O)c1. The van der Waals surface area contributed by atoms with E-state index in [1.165, 1.54) is 18.2 Å². The number of carbonyl (C=O) groups is 2. The molecule has 0 aliphatic carbocycles. The highest BCUT2D eigenvalue weighted by molar-refractivity contribution is 6.33. The number of hydrogen-bond acceptors (Lipinski definition) is 3. The third-order valence-corrected chi connectivity index (χ3v) is 2.74. The van der Waals surface area contributed by atoms with Gasteiger partial charge in [-0.25, -0.2) is 9.59 Å². The number of aromatic carboxylic acids is 1. The molecule has 0 atom stereocenters. The largest absolute Gasteiger partial charge is 0.478 e. The number of anilines is 1. The predicted octanol–water partition coefficient (Wildman–Crippen LogP) is 2.58. The molecule has 3 N–H and O–H groups in total. The Kier molecular flexibility index (Phi) is 5.35. The van der Waals surface area contributed by atoms with E-state index >= 15 is 0 Å². The van der Waals surface area contributed by atoms with Crippen molar-refractivity contribution in [1.82, 2.24) is 5.32 Å². The Balaban J connectivity index is 2.76. The van der Waals surface area contributed by atoms with Gasteiger partial charge in [0.2, 0.25) is 0 Å². The quantitative estimate of drug-likeness (QED) is 0.780. The van der Waals surface area contributed by atoms with Gasteiger partial charge in [0, 0.05) is 12.8 Å². The Morgan fingerprint density at radius 3 is 2.60 bits per heavy atom. The fourth-order valence-corrected chi connectivity index (χ4v) is 1.83. The lowest BCUT2D eigenvalue weighted by Gasteiger charge is -2.25. The normalized spacial score (nSPS) is 11.0. The molecular weight excluding hydrogens is 284 g/mol. The molecule has 0 radical (unpaired) electrons. The van der Waals surface area contributed by atoms with Crippen LogP contribution in [0.5, 0.6) is 0 Å². The number of benzene rings is 1. The van der Waals surface area contributed by atoms with Crippen molar-refractivity contribution in [3.8, 4) is 0 Å². The number of carbonyl (C=O) groups excluding carboxylic acids is 1. The summed E-state index contributed by atoms with van der Waals surface area (Å²) in [4.78, 5) is 22.8. The highest BCUT2D eigenvalue weighted by Crippen LogP contribution is 2.20. The Bertz CT molecular complexity index is 517. The lowest BCUT2D eigenvalue weighted by atomic mass is 10.1. The molecule has 0 saturated heterocycles. The zero-order chi connectivity index (χ0) is 15.3. The summed E-state index contributed by atoms with van der Waals surface area (Å²) in [6.45, 7) is 3.96. The minimum Gasteiger partial charge on any atom is -0.478 e. The molecule has 20 heavy (non-hydrogen) atoms. The van der Waals surface area contributed by atoms with Crippen LogP contribution < -0.4 is 10.6 Å². The van der Waals surface area contributed by atoms with Crippen molar-refractivity contribution in [1.29, 1.82) is 0 Å². The van der Waals surface area contributed by atoms with E-state index in [0.717, 1.165) is 0 Å². The van der Waals surface area contributed by atoms with Crippen molar-refractivity contribution < 1.29 is 19.4 Å². The molecule has 0 fully saturated rings. The molecule has 0 heterocycles. The fourth-order valence-electron chi connectivity index (χ4n) is 1.63. The second-order valence-electron chi connectivity index (χ2n) is 4.90. The van der Waals surface area contributed by atoms with Gasteiger partial charge in [-0.2, -0.15) is 0 Å². The monoisotopic (exact) mass is 300 g/mol. The van der Waals surface area contributed by atoms with Gasteiger partial charge in [-0.15, -0.1) is 0 Å². The number of methoxy groups -OCH3 is 1. The zero-order valence-electron chi connectivity index (χ0n) is 11.5. The summed E-state index contributed by atoms with van der Waals surface area (Å²) in [6.07, 6.45) is 0. The van der Waals surface area contributed by atoms with Crippen LogP contribution in [0.2, 0.25) is 5.02 Å². The van der Waals surface area contributed by atoms with Crippen molar-refractivity contribution >= 4 is 29.3 Å². The first kappa shape index (κ1) is 16.3. The Morgan fingerprint density at radius 1 is 1.40 bits per heavy atom. The standard InChI is InChI=1S/C13H17ClN2O4/c1-13(2,7-20-3)16-12(19)15-8-4-5-10(14)9(6-8)11(17)18/h4-6H,7H2,1-3H3,(H,17,18)(H2,15,16,19). The van der Waals surface area contributed by atoms with Gasteiger partial charge in [0.05, 0.1) is 22.7 Å². The summed E-state index contributed by atoms with van der Waals surface area (Å²) in [5, 5.41) is 14.3. The van der Waals surface area contributed by atoms with Crippen LogP contribution in [0.15, 0.2) is 18.2 Å². The van der Waals surface area contributed by atoms with Crippen molar-refractivity contribution in [2.75, 3.05) is 19.0 Å². The van der Waals surface area contributed by atoms with E-state index in [9.17, 15) is 9.59 Å².